The molecule has 0 aliphatic carbocycles. The van der Waals surface area contributed by atoms with Gasteiger partial charge in [-0.3, -0.25) is 0 Å². The van der Waals surface area contributed by atoms with Crippen molar-refractivity contribution in [2.75, 3.05) is 0 Å². The molecule has 4 heteroatoms. The molecule has 0 atom stereocenters. The summed E-state index contributed by atoms with van der Waals surface area (Å²) in [6, 6.07) is 17.7. The van der Waals surface area contributed by atoms with Crippen LogP contribution in [0.15, 0.2) is 67.3 Å². The minimum Gasteiger partial charge on any atom is -0.336 e. The highest BCUT2D eigenvalue weighted by atomic mass is 32.2. The van der Waals surface area contributed by atoms with E-state index in [1.54, 1.807) is 0 Å². The van der Waals surface area contributed by atoms with Gasteiger partial charge in [0, 0.05) is 30.4 Å². The molecule has 25 heavy (non-hydrogen) atoms. The molecule has 0 spiro atoms. The molecular formula is C21H24N2S2. The number of imidazole rings is 1. The lowest BCUT2D eigenvalue weighted by Gasteiger charge is -2.17. The van der Waals surface area contributed by atoms with E-state index in [1.165, 1.54) is 22.3 Å². The number of thioether (sulfide) groups is 2. The molecule has 1 aromatic heterocycles. The van der Waals surface area contributed by atoms with Gasteiger partial charge in [0.2, 0.25) is 0 Å². The number of aromatic nitrogens is 2. The van der Waals surface area contributed by atoms with E-state index in [2.05, 4.69) is 71.9 Å². The van der Waals surface area contributed by atoms with Crippen LogP contribution in [0.4, 0.5) is 0 Å². The van der Waals surface area contributed by atoms with Gasteiger partial charge in [0.05, 0.1) is 10.9 Å². The lowest BCUT2D eigenvalue weighted by Crippen LogP contribution is -2.09. The molecule has 0 radical (unpaired) electrons. The molecule has 0 unspecified atom stereocenters. The van der Waals surface area contributed by atoms with Gasteiger partial charge >= 0.3 is 0 Å². The Kier molecular flexibility index (Phi) is 6.65. The van der Waals surface area contributed by atoms with Crippen molar-refractivity contribution in [2.24, 2.45) is 0 Å². The Bertz CT molecular complexity index is 700. The molecule has 130 valence electrons. The molecule has 0 N–H and O–H groups in total. The maximum atomic E-state index is 4.18. The van der Waals surface area contributed by atoms with Crippen LogP contribution in [0.25, 0.3) is 0 Å². The fraction of sp³-hybridized carbons (Fsp3) is 0.286. The summed E-state index contributed by atoms with van der Waals surface area (Å²) in [5, 5.41) is 0. The zero-order valence-corrected chi connectivity index (χ0v) is 16.4. The quantitative estimate of drug-likeness (QED) is 0.476. The highest BCUT2D eigenvalue weighted by Gasteiger charge is 2.12. The number of hydrogen-bond acceptors (Lipinski definition) is 3. The lowest BCUT2D eigenvalue weighted by molar-refractivity contribution is 0.750. The Morgan fingerprint density at radius 2 is 1.36 bits per heavy atom. The molecule has 0 saturated heterocycles. The largest absolute Gasteiger partial charge is 0.336 e. The first-order valence-electron chi connectivity index (χ1n) is 8.49. The third-order valence-electron chi connectivity index (χ3n) is 4.03. The molecule has 0 amide bonds. The molecule has 0 bridgehead atoms. The van der Waals surface area contributed by atoms with Crippen LogP contribution in [-0.4, -0.2) is 14.1 Å². The first kappa shape index (κ1) is 18.2. The number of aryl methyl sites for hydroxylation is 2. The predicted molar refractivity (Wildman–Crippen MR) is 111 cm³/mol. The number of hydrogen-bond donors (Lipinski definition) is 0. The maximum Gasteiger partial charge on any atom is 0.0946 e. The van der Waals surface area contributed by atoms with E-state index < -0.39 is 0 Å². The summed E-state index contributed by atoms with van der Waals surface area (Å²) >= 11 is 4.03. The standard InChI is InChI=1S/C21H24N2S2/c1-17-3-7-19(8-4-17)14-24-21(13-23-12-11-22-16-23)25-15-20-9-5-18(2)6-10-20/h3-12,16,21H,13-15H2,1-2H3. The SMILES string of the molecule is Cc1ccc(CSC(Cn2ccnc2)SCc2ccc(C)cc2)cc1. The van der Waals surface area contributed by atoms with Gasteiger partial charge in [0.25, 0.3) is 0 Å². The maximum absolute atomic E-state index is 4.18. The zero-order valence-electron chi connectivity index (χ0n) is 14.8. The molecule has 0 aliphatic rings. The molecule has 0 saturated carbocycles. The van der Waals surface area contributed by atoms with Crippen molar-refractivity contribution in [3.8, 4) is 0 Å². The first-order chi connectivity index (χ1) is 12.2. The molecule has 3 aromatic rings. The van der Waals surface area contributed by atoms with Gasteiger partial charge in [0.15, 0.2) is 0 Å². The first-order valence-corrected chi connectivity index (χ1v) is 10.6. The van der Waals surface area contributed by atoms with Crippen LogP contribution in [0.5, 0.6) is 0 Å². The van der Waals surface area contributed by atoms with Crippen LogP contribution in [0.3, 0.4) is 0 Å². The molecule has 1 heterocycles. The lowest BCUT2D eigenvalue weighted by atomic mass is 10.2. The van der Waals surface area contributed by atoms with Gasteiger partial charge in [-0.2, -0.15) is 0 Å². The average Bonchev–Trinajstić information content (AvgIpc) is 3.13. The summed E-state index contributed by atoms with van der Waals surface area (Å²) in [6.07, 6.45) is 5.81. The van der Waals surface area contributed by atoms with Crippen molar-refractivity contribution in [3.63, 3.8) is 0 Å². The van der Waals surface area contributed by atoms with Crippen LogP contribution >= 0.6 is 23.5 Å². The minimum absolute atomic E-state index is 0.497. The van der Waals surface area contributed by atoms with E-state index in [-0.39, 0.29) is 0 Å². The Morgan fingerprint density at radius 3 is 1.80 bits per heavy atom. The topological polar surface area (TPSA) is 17.8 Å². The Morgan fingerprint density at radius 1 is 0.840 bits per heavy atom. The van der Waals surface area contributed by atoms with E-state index in [0.29, 0.717) is 4.58 Å². The zero-order chi connectivity index (χ0) is 17.5. The number of benzene rings is 2. The molecule has 0 aliphatic heterocycles. The van der Waals surface area contributed by atoms with Crippen LogP contribution in [0.1, 0.15) is 22.3 Å². The van der Waals surface area contributed by atoms with Crippen molar-refractivity contribution in [2.45, 2.75) is 36.5 Å². The van der Waals surface area contributed by atoms with Crippen LogP contribution in [0, 0.1) is 13.8 Å². The third-order valence-corrected chi connectivity index (χ3v) is 6.89. The highest BCUT2D eigenvalue weighted by Crippen LogP contribution is 2.31. The van der Waals surface area contributed by atoms with Crippen molar-refractivity contribution in [1.82, 2.24) is 9.55 Å². The van der Waals surface area contributed by atoms with Gasteiger partial charge in [-0.05, 0) is 25.0 Å². The minimum atomic E-state index is 0.497. The van der Waals surface area contributed by atoms with E-state index in [0.717, 1.165) is 18.1 Å². The summed E-state index contributed by atoms with van der Waals surface area (Å²) < 4.78 is 2.67. The molecule has 2 nitrogen and oxygen atoms in total. The van der Waals surface area contributed by atoms with Gasteiger partial charge in [-0.1, -0.05) is 59.7 Å². The van der Waals surface area contributed by atoms with Gasteiger partial charge in [-0.15, -0.1) is 23.5 Å². The van der Waals surface area contributed by atoms with E-state index in [1.807, 2.05) is 42.2 Å². The Balaban J connectivity index is 1.59. The predicted octanol–water partition coefficient (Wildman–Crippen LogP) is 5.69. The van der Waals surface area contributed by atoms with Crippen molar-refractivity contribution in [3.05, 3.63) is 89.5 Å². The fourth-order valence-corrected chi connectivity index (χ4v) is 4.96. The summed E-state index contributed by atoms with van der Waals surface area (Å²) in [7, 11) is 0. The fourth-order valence-electron chi connectivity index (χ4n) is 2.47. The van der Waals surface area contributed by atoms with Crippen LogP contribution in [-0.2, 0) is 18.1 Å². The van der Waals surface area contributed by atoms with Crippen molar-refractivity contribution in [1.29, 1.82) is 0 Å². The smallest absolute Gasteiger partial charge is 0.0946 e. The summed E-state index contributed by atoms with van der Waals surface area (Å²) in [6.45, 7) is 5.25. The average molecular weight is 369 g/mol. The normalized spacial score (nSPS) is 11.2. The second-order valence-electron chi connectivity index (χ2n) is 6.28. The third kappa shape index (κ3) is 5.98. The summed E-state index contributed by atoms with van der Waals surface area (Å²) in [4.78, 5) is 4.18. The number of nitrogens with zero attached hydrogens (tertiary/aromatic N) is 2. The van der Waals surface area contributed by atoms with Crippen LogP contribution < -0.4 is 0 Å². The van der Waals surface area contributed by atoms with Gasteiger partial charge in [0.1, 0.15) is 0 Å². The van der Waals surface area contributed by atoms with E-state index in [4.69, 9.17) is 0 Å². The molecule has 2 aromatic carbocycles. The molecule has 0 fully saturated rings. The molecular weight excluding hydrogens is 344 g/mol. The second kappa shape index (κ2) is 9.16. The molecule has 3 rings (SSSR count). The van der Waals surface area contributed by atoms with Crippen molar-refractivity contribution < 1.29 is 0 Å². The van der Waals surface area contributed by atoms with Gasteiger partial charge < -0.3 is 4.57 Å². The highest BCUT2D eigenvalue weighted by molar-refractivity contribution is 8.16. The van der Waals surface area contributed by atoms with Crippen LogP contribution in [0.2, 0.25) is 0 Å². The van der Waals surface area contributed by atoms with Crippen molar-refractivity contribution >= 4 is 23.5 Å². The summed E-state index contributed by atoms with van der Waals surface area (Å²) in [5.41, 5.74) is 5.42. The Labute approximate surface area is 159 Å². The number of rotatable bonds is 8. The second-order valence-corrected chi connectivity index (χ2v) is 8.96. The Hall–Kier alpha value is -1.65. The summed E-state index contributed by atoms with van der Waals surface area (Å²) in [5.74, 6) is 2.08. The van der Waals surface area contributed by atoms with E-state index >= 15 is 0 Å². The monoisotopic (exact) mass is 368 g/mol. The van der Waals surface area contributed by atoms with E-state index in [9.17, 15) is 0 Å². The van der Waals surface area contributed by atoms with Gasteiger partial charge in [-0.25, -0.2) is 4.98 Å².